The molecular formula is C12H18FN. The minimum Gasteiger partial charge on any atom is -0.330 e. The van der Waals surface area contributed by atoms with Crippen molar-refractivity contribution in [1.82, 2.24) is 0 Å². The Kier molecular flexibility index (Phi) is 4.60. The highest BCUT2D eigenvalue weighted by molar-refractivity contribution is 5.15. The standard InChI is InChI=1S/C12H18FN/c1-10(13)12(7-8-14)9-11-5-3-2-4-6-11/h2-6,10,12H,7-9,14H2,1H3. The summed E-state index contributed by atoms with van der Waals surface area (Å²) in [7, 11) is 0. The van der Waals surface area contributed by atoms with Crippen LogP contribution in [0.3, 0.4) is 0 Å². The van der Waals surface area contributed by atoms with Crippen molar-refractivity contribution in [3.05, 3.63) is 35.9 Å². The molecule has 0 bridgehead atoms. The Morgan fingerprint density at radius 3 is 2.43 bits per heavy atom. The van der Waals surface area contributed by atoms with Crippen LogP contribution in [0.15, 0.2) is 30.3 Å². The van der Waals surface area contributed by atoms with Gasteiger partial charge < -0.3 is 5.73 Å². The lowest BCUT2D eigenvalue weighted by molar-refractivity contribution is 0.238. The largest absolute Gasteiger partial charge is 0.330 e. The minimum absolute atomic E-state index is 0.0578. The van der Waals surface area contributed by atoms with Gasteiger partial charge in [-0.05, 0) is 37.8 Å². The third kappa shape index (κ3) is 3.46. The Morgan fingerprint density at radius 1 is 1.29 bits per heavy atom. The molecule has 1 aromatic rings. The first kappa shape index (κ1) is 11.2. The van der Waals surface area contributed by atoms with Crippen LogP contribution in [0.4, 0.5) is 4.39 Å². The maximum absolute atomic E-state index is 13.2. The Hall–Kier alpha value is -0.890. The number of hydrogen-bond acceptors (Lipinski definition) is 1. The Morgan fingerprint density at radius 2 is 1.93 bits per heavy atom. The maximum Gasteiger partial charge on any atom is 0.100 e. The van der Waals surface area contributed by atoms with Crippen LogP contribution in [0, 0.1) is 5.92 Å². The van der Waals surface area contributed by atoms with E-state index in [2.05, 4.69) is 0 Å². The summed E-state index contributed by atoms with van der Waals surface area (Å²) in [6.45, 7) is 2.18. The molecule has 0 heterocycles. The zero-order valence-corrected chi connectivity index (χ0v) is 8.62. The molecule has 0 radical (unpaired) electrons. The third-order valence-corrected chi connectivity index (χ3v) is 2.53. The predicted octanol–water partition coefficient (Wildman–Crippen LogP) is 2.55. The van der Waals surface area contributed by atoms with E-state index in [4.69, 9.17) is 5.73 Å². The van der Waals surface area contributed by atoms with Crippen LogP contribution in [0.2, 0.25) is 0 Å². The van der Waals surface area contributed by atoms with Crippen molar-refractivity contribution >= 4 is 0 Å². The summed E-state index contributed by atoms with van der Waals surface area (Å²) in [6.07, 6.45) is 0.765. The fourth-order valence-corrected chi connectivity index (χ4v) is 1.63. The molecule has 78 valence electrons. The summed E-state index contributed by atoms with van der Waals surface area (Å²) in [5.74, 6) is 0.0578. The molecule has 0 aliphatic rings. The molecule has 1 nitrogen and oxygen atoms in total. The summed E-state index contributed by atoms with van der Waals surface area (Å²) >= 11 is 0. The molecule has 1 rings (SSSR count). The molecule has 0 saturated carbocycles. The fraction of sp³-hybridized carbons (Fsp3) is 0.500. The number of alkyl halides is 1. The monoisotopic (exact) mass is 195 g/mol. The van der Waals surface area contributed by atoms with Crippen LogP contribution < -0.4 is 5.73 Å². The average Bonchev–Trinajstić information content (AvgIpc) is 2.18. The molecule has 0 amide bonds. The molecule has 0 spiro atoms. The lowest BCUT2D eigenvalue weighted by Gasteiger charge is -2.17. The van der Waals surface area contributed by atoms with E-state index >= 15 is 0 Å². The van der Waals surface area contributed by atoms with Gasteiger partial charge >= 0.3 is 0 Å². The van der Waals surface area contributed by atoms with Gasteiger partial charge in [0.15, 0.2) is 0 Å². The van der Waals surface area contributed by atoms with Crippen molar-refractivity contribution in [3.8, 4) is 0 Å². The van der Waals surface area contributed by atoms with Crippen molar-refractivity contribution in [1.29, 1.82) is 0 Å². The molecular weight excluding hydrogens is 177 g/mol. The molecule has 0 aliphatic carbocycles. The summed E-state index contributed by atoms with van der Waals surface area (Å²) in [5, 5.41) is 0. The van der Waals surface area contributed by atoms with Crippen molar-refractivity contribution in [3.63, 3.8) is 0 Å². The Labute approximate surface area is 85.1 Å². The second-order valence-corrected chi connectivity index (χ2v) is 3.70. The smallest absolute Gasteiger partial charge is 0.100 e. The lowest BCUT2D eigenvalue weighted by Crippen LogP contribution is -2.19. The average molecular weight is 195 g/mol. The van der Waals surface area contributed by atoms with Crippen molar-refractivity contribution in [2.45, 2.75) is 25.9 Å². The quantitative estimate of drug-likeness (QED) is 0.767. The summed E-state index contributed by atoms with van der Waals surface area (Å²) in [6, 6.07) is 10.0. The molecule has 0 fully saturated rings. The van der Waals surface area contributed by atoms with Gasteiger partial charge in [0.25, 0.3) is 0 Å². The molecule has 2 heteroatoms. The highest BCUT2D eigenvalue weighted by Gasteiger charge is 2.15. The van der Waals surface area contributed by atoms with Gasteiger partial charge in [-0.1, -0.05) is 30.3 Å². The highest BCUT2D eigenvalue weighted by atomic mass is 19.1. The molecule has 1 aromatic carbocycles. The zero-order valence-electron chi connectivity index (χ0n) is 8.62. The third-order valence-electron chi connectivity index (χ3n) is 2.53. The fourth-order valence-electron chi connectivity index (χ4n) is 1.63. The van der Waals surface area contributed by atoms with E-state index in [0.29, 0.717) is 6.54 Å². The summed E-state index contributed by atoms with van der Waals surface area (Å²) in [4.78, 5) is 0. The van der Waals surface area contributed by atoms with Gasteiger partial charge in [-0.25, -0.2) is 4.39 Å². The molecule has 0 saturated heterocycles. The number of rotatable bonds is 5. The molecule has 2 unspecified atom stereocenters. The highest BCUT2D eigenvalue weighted by Crippen LogP contribution is 2.17. The first-order valence-corrected chi connectivity index (χ1v) is 5.12. The van der Waals surface area contributed by atoms with Gasteiger partial charge in [0.2, 0.25) is 0 Å². The van der Waals surface area contributed by atoms with Gasteiger partial charge in [-0.15, -0.1) is 0 Å². The molecule has 14 heavy (non-hydrogen) atoms. The summed E-state index contributed by atoms with van der Waals surface area (Å²) in [5.41, 5.74) is 6.64. The number of benzene rings is 1. The van der Waals surface area contributed by atoms with Crippen LogP contribution in [0.25, 0.3) is 0 Å². The SMILES string of the molecule is CC(F)C(CCN)Cc1ccccc1. The molecule has 0 aromatic heterocycles. The first-order chi connectivity index (χ1) is 6.74. The van der Waals surface area contributed by atoms with E-state index in [0.717, 1.165) is 12.8 Å². The topological polar surface area (TPSA) is 26.0 Å². The number of hydrogen-bond donors (Lipinski definition) is 1. The Bertz CT molecular complexity index is 246. The lowest BCUT2D eigenvalue weighted by atomic mass is 9.93. The van der Waals surface area contributed by atoms with Gasteiger partial charge in [-0.2, -0.15) is 0 Å². The van der Waals surface area contributed by atoms with E-state index in [1.807, 2.05) is 30.3 Å². The van der Waals surface area contributed by atoms with Crippen LogP contribution in [-0.2, 0) is 6.42 Å². The van der Waals surface area contributed by atoms with E-state index in [9.17, 15) is 4.39 Å². The van der Waals surface area contributed by atoms with E-state index in [-0.39, 0.29) is 5.92 Å². The summed E-state index contributed by atoms with van der Waals surface area (Å²) < 4.78 is 13.2. The molecule has 0 aliphatic heterocycles. The second kappa shape index (κ2) is 5.76. The van der Waals surface area contributed by atoms with Gasteiger partial charge in [-0.3, -0.25) is 0 Å². The van der Waals surface area contributed by atoms with E-state index < -0.39 is 6.17 Å². The number of halogens is 1. The second-order valence-electron chi connectivity index (χ2n) is 3.70. The van der Waals surface area contributed by atoms with E-state index in [1.165, 1.54) is 5.56 Å². The van der Waals surface area contributed by atoms with Crippen molar-refractivity contribution in [2.24, 2.45) is 11.7 Å². The van der Waals surface area contributed by atoms with E-state index in [1.54, 1.807) is 6.92 Å². The van der Waals surface area contributed by atoms with Crippen LogP contribution >= 0.6 is 0 Å². The van der Waals surface area contributed by atoms with Crippen LogP contribution in [0.1, 0.15) is 18.9 Å². The molecule has 2 atom stereocenters. The van der Waals surface area contributed by atoms with Crippen LogP contribution in [0.5, 0.6) is 0 Å². The maximum atomic E-state index is 13.2. The first-order valence-electron chi connectivity index (χ1n) is 5.12. The molecule has 2 N–H and O–H groups in total. The zero-order chi connectivity index (χ0) is 10.4. The Balaban J connectivity index is 2.55. The number of nitrogens with two attached hydrogens (primary N) is 1. The minimum atomic E-state index is -0.779. The van der Waals surface area contributed by atoms with Crippen molar-refractivity contribution < 1.29 is 4.39 Å². The van der Waals surface area contributed by atoms with Crippen LogP contribution in [-0.4, -0.2) is 12.7 Å². The van der Waals surface area contributed by atoms with Gasteiger partial charge in [0, 0.05) is 0 Å². The van der Waals surface area contributed by atoms with Crippen molar-refractivity contribution in [2.75, 3.05) is 6.54 Å². The predicted molar refractivity (Wildman–Crippen MR) is 57.9 cm³/mol. The van der Waals surface area contributed by atoms with Gasteiger partial charge in [0.05, 0.1) is 0 Å². The normalized spacial score (nSPS) is 15.1. The van der Waals surface area contributed by atoms with Gasteiger partial charge in [0.1, 0.15) is 6.17 Å².